The first-order valence-corrected chi connectivity index (χ1v) is 11.7. The zero-order chi connectivity index (χ0) is 24.2. The number of benzene rings is 3. The van der Waals surface area contributed by atoms with Gasteiger partial charge in [-0.3, -0.25) is 9.59 Å². The molecule has 1 saturated heterocycles. The van der Waals surface area contributed by atoms with Crippen molar-refractivity contribution in [1.29, 1.82) is 0 Å². The molecule has 178 valence electrons. The molecule has 0 saturated carbocycles. The van der Waals surface area contributed by atoms with Crippen LogP contribution in [-0.4, -0.2) is 49.5 Å². The third kappa shape index (κ3) is 5.30. The molecular formula is C28H27N3O4. The standard InChI is InChI=1S/C28H27N3O4/c1-20-6-12-24(13-7-20)34-19-27(32)29-22-8-10-23(11-9-22)30-14-16-31(17-15-30)28(33)26-18-21-4-2-3-5-25(21)35-26/h2-13,18H,14-17,19H2,1H3,(H,29,32). The van der Waals surface area contributed by atoms with Crippen molar-refractivity contribution in [2.45, 2.75) is 6.92 Å². The number of ether oxygens (including phenoxy) is 1. The first kappa shape index (κ1) is 22.5. The fourth-order valence-electron chi connectivity index (χ4n) is 4.15. The maximum atomic E-state index is 12.9. The van der Waals surface area contributed by atoms with E-state index in [1.165, 1.54) is 0 Å². The SMILES string of the molecule is Cc1ccc(OCC(=O)Nc2ccc(N3CCN(C(=O)c4cc5ccccc5o4)CC3)cc2)cc1. The second-order valence-corrected chi connectivity index (χ2v) is 8.62. The predicted molar refractivity (Wildman–Crippen MR) is 136 cm³/mol. The number of anilines is 2. The van der Waals surface area contributed by atoms with Gasteiger partial charge in [-0.2, -0.15) is 0 Å². The van der Waals surface area contributed by atoms with Crippen LogP contribution in [0.1, 0.15) is 16.1 Å². The maximum absolute atomic E-state index is 12.9. The Bertz CT molecular complexity index is 1290. The number of aryl methyl sites for hydroxylation is 1. The highest BCUT2D eigenvalue weighted by Crippen LogP contribution is 2.23. The Labute approximate surface area is 203 Å². The van der Waals surface area contributed by atoms with Gasteiger partial charge >= 0.3 is 0 Å². The van der Waals surface area contributed by atoms with Crippen molar-refractivity contribution in [2.24, 2.45) is 0 Å². The summed E-state index contributed by atoms with van der Waals surface area (Å²) in [6.07, 6.45) is 0. The van der Waals surface area contributed by atoms with Crippen molar-refractivity contribution in [3.63, 3.8) is 0 Å². The molecule has 0 unspecified atom stereocenters. The van der Waals surface area contributed by atoms with Crippen molar-refractivity contribution in [3.8, 4) is 5.75 Å². The molecule has 4 aromatic rings. The normalized spacial score (nSPS) is 13.6. The monoisotopic (exact) mass is 469 g/mol. The van der Waals surface area contributed by atoms with E-state index in [1.54, 1.807) is 0 Å². The minimum Gasteiger partial charge on any atom is -0.484 e. The molecule has 3 aromatic carbocycles. The number of nitrogens with one attached hydrogen (secondary N) is 1. The lowest BCUT2D eigenvalue weighted by Gasteiger charge is -2.35. The van der Waals surface area contributed by atoms with Crippen molar-refractivity contribution in [1.82, 2.24) is 4.90 Å². The van der Waals surface area contributed by atoms with E-state index in [0.29, 0.717) is 30.3 Å². The van der Waals surface area contributed by atoms with Crippen molar-refractivity contribution in [2.75, 3.05) is 43.0 Å². The Morgan fingerprint density at radius 3 is 2.34 bits per heavy atom. The molecule has 1 aliphatic rings. The van der Waals surface area contributed by atoms with Crippen molar-refractivity contribution >= 4 is 34.2 Å². The smallest absolute Gasteiger partial charge is 0.289 e. The van der Waals surface area contributed by atoms with E-state index < -0.39 is 0 Å². The van der Waals surface area contributed by atoms with E-state index in [0.717, 1.165) is 35.3 Å². The van der Waals surface area contributed by atoms with E-state index in [2.05, 4.69) is 10.2 Å². The van der Waals surface area contributed by atoms with Crippen LogP contribution in [0.5, 0.6) is 5.75 Å². The molecule has 5 rings (SSSR count). The summed E-state index contributed by atoms with van der Waals surface area (Å²) in [6.45, 7) is 4.63. The summed E-state index contributed by atoms with van der Waals surface area (Å²) in [5, 5.41) is 3.79. The summed E-state index contributed by atoms with van der Waals surface area (Å²) in [5.74, 6) is 0.757. The summed E-state index contributed by atoms with van der Waals surface area (Å²) < 4.78 is 11.3. The van der Waals surface area contributed by atoms with Gasteiger partial charge in [0, 0.05) is 42.9 Å². The Morgan fingerprint density at radius 1 is 0.914 bits per heavy atom. The number of nitrogens with zero attached hydrogens (tertiary/aromatic N) is 2. The largest absolute Gasteiger partial charge is 0.484 e. The molecule has 0 radical (unpaired) electrons. The zero-order valence-electron chi connectivity index (χ0n) is 19.6. The van der Waals surface area contributed by atoms with E-state index in [4.69, 9.17) is 9.15 Å². The van der Waals surface area contributed by atoms with E-state index in [-0.39, 0.29) is 18.4 Å². The Kier molecular flexibility index (Phi) is 6.39. The first-order valence-electron chi connectivity index (χ1n) is 11.7. The van der Waals surface area contributed by atoms with Crippen molar-refractivity contribution in [3.05, 3.63) is 90.2 Å². The van der Waals surface area contributed by atoms with Crippen LogP contribution >= 0.6 is 0 Å². The second-order valence-electron chi connectivity index (χ2n) is 8.62. The molecule has 1 fully saturated rings. The minimum absolute atomic E-state index is 0.0496. The van der Waals surface area contributed by atoms with Gasteiger partial charge in [0.05, 0.1) is 0 Å². The van der Waals surface area contributed by atoms with Gasteiger partial charge in [-0.1, -0.05) is 35.9 Å². The van der Waals surface area contributed by atoms with Gasteiger partial charge in [0.2, 0.25) is 0 Å². The molecule has 35 heavy (non-hydrogen) atoms. The molecule has 0 spiro atoms. The number of carbonyl (C=O) groups is 2. The number of para-hydroxylation sites is 1. The highest BCUT2D eigenvalue weighted by molar-refractivity contribution is 5.96. The van der Waals surface area contributed by atoms with E-state index in [1.807, 2.05) is 90.7 Å². The molecule has 1 aliphatic heterocycles. The highest BCUT2D eigenvalue weighted by atomic mass is 16.5. The van der Waals surface area contributed by atoms with Gasteiger partial charge in [-0.15, -0.1) is 0 Å². The summed E-state index contributed by atoms with van der Waals surface area (Å²) in [5.41, 5.74) is 3.63. The van der Waals surface area contributed by atoms with Gasteiger partial charge < -0.3 is 24.3 Å². The quantitative estimate of drug-likeness (QED) is 0.442. The lowest BCUT2D eigenvalue weighted by molar-refractivity contribution is -0.118. The molecule has 2 amide bonds. The lowest BCUT2D eigenvalue weighted by atomic mass is 10.2. The van der Waals surface area contributed by atoms with Crippen molar-refractivity contribution < 1.29 is 18.7 Å². The van der Waals surface area contributed by atoms with Crippen LogP contribution in [0.15, 0.2) is 83.3 Å². The molecule has 7 heteroatoms. The number of fused-ring (bicyclic) bond motifs is 1. The molecule has 0 aliphatic carbocycles. The van der Waals surface area contributed by atoms with Gasteiger partial charge in [0.15, 0.2) is 12.4 Å². The summed E-state index contributed by atoms with van der Waals surface area (Å²) >= 11 is 0. The third-order valence-corrected chi connectivity index (χ3v) is 6.11. The number of piperazine rings is 1. The van der Waals surface area contributed by atoms with Gasteiger partial charge in [0.1, 0.15) is 11.3 Å². The average molecular weight is 470 g/mol. The maximum Gasteiger partial charge on any atom is 0.289 e. The van der Waals surface area contributed by atoms with Crippen LogP contribution in [0.25, 0.3) is 11.0 Å². The average Bonchev–Trinajstić information content (AvgIpc) is 3.33. The van der Waals surface area contributed by atoms with Crippen LogP contribution in [0.2, 0.25) is 0 Å². The molecule has 7 nitrogen and oxygen atoms in total. The molecule has 0 bridgehead atoms. The second kappa shape index (κ2) is 9.93. The minimum atomic E-state index is -0.212. The first-order chi connectivity index (χ1) is 17.0. The highest BCUT2D eigenvalue weighted by Gasteiger charge is 2.24. The van der Waals surface area contributed by atoms with Gasteiger partial charge in [-0.25, -0.2) is 0 Å². The molecule has 1 N–H and O–H groups in total. The number of furan rings is 1. The van der Waals surface area contributed by atoms with Crippen LogP contribution in [0.4, 0.5) is 11.4 Å². The third-order valence-electron chi connectivity index (χ3n) is 6.11. The fraction of sp³-hybridized carbons (Fsp3) is 0.214. The van der Waals surface area contributed by atoms with Crippen LogP contribution < -0.4 is 15.0 Å². The summed E-state index contributed by atoms with van der Waals surface area (Å²) in [4.78, 5) is 29.2. The number of carbonyl (C=O) groups excluding carboxylic acids is 2. The molecule has 1 aromatic heterocycles. The number of rotatable bonds is 6. The Hall–Kier alpha value is -4.26. The summed E-state index contributed by atoms with van der Waals surface area (Å²) in [6, 6.07) is 24.8. The number of amides is 2. The van der Waals surface area contributed by atoms with Gasteiger partial charge in [0.25, 0.3) is 11.8 Å². The Morgan fingerprint density at radius 2 is 1.63 bits per heavy atom. The Balaban J connectivity index is 1.11. The molecule has 0 atom stereocenters. The summed E-state index contributed by atoms with van der Waals surface area (Å²) in [7, 11) is 0. The lowest BCUT2D eigenvalue weighted by Crippen LogP contribution is -2.48. The van der Waals surface area contributed by atoms with Crippen LogP contribution in [0.3, 0.4) is 0 Å². The molecular weight excluding hydrogens is 442 g/mol. The predicted octanol–water partition coefficient (Wildman–Crippen LogP) is 4.72. The van der Waals surface area contributed by atoms with E-state index in [9.17, 15) is 9.59 Å². The zero-order valence-corrected chi connectivity index (χ0v) is 19.6. The topological polar surface area (TPSA) is 75.0 Å². The number of hydrogen-bond donors (Lipinski definition) is 1. The van der Waals surface area contributed by atoms with Gasteiger partial charge in [-0.05, 0) is 55.5 Å². The van der Waals surface area contributed by atoms with Crippen LogP contribution in [-0.2, 0) is 4.79 Å². The fourth-order valence-corrected chi connectivity index (χ4v) is 4.15. The van der Waals surface area contributed by atoms with E-state index >= 15 is 0 Å². The number of hydrogen-bond acceptors (Lipinski definition) is 5. The molecule has 2 heterocycles. The van der Waals surface area contributed by atoms with Crippen LogP contribution in [0, 0.1) is 6.92 Å².